The lowest BCUT2D eigenvalue weighted by Gasteiger charge is -2.32. The third kappa shape index (κ3) is 4.89. The molecule has 67 heavy (non-hydrogen) atoms. The summed E-state index contributed by atoms with van der Waals surface area (Å²) in [6.07, 6.45) is 0. The highest BCUT2D eigenvalue weighted by molar-refractivity contribution is 6.27. The van der Waals surface area contributed by atoms with Gasteiger partial charge in [0.05, 0.1) is 16.5 Å². The number of benzene rings is 12. The van der Waals surface area contributed by atoms with E-state index in [0.29, 0.717) is 0 Å². The SMILES string of the molecule is c1ccc(N(c2ccc3c(c2)C2(c4ccccc4-c4ccccc42)c2ccccc2-3)c2cccc3oc4c(-c5ccc6c7ccccc7c7ccccc7c6c5)c5ccccc5cc4c23)cc1. The van der Waals surface area contributed by atoms with Crippen LogP contribution in [-0.2, 0) is 5.41 Å². The van der Waals surface area contributed by atoms with Crippen molar-refractivity contribution in [3.8, 4) is 33.4 Å². The number of hydrogen-bond donors (Lipinski definition) is 0. The van der Waals surface area contributed by atoms with E-state index in [0.717, 1.165) is 50.1 Å². The number of rotatable bonds is 4. The predicted octanol–water partition coefficient (Wildman–Crippen LogP) is 17.7. The largest absolute Gasteiger partial charge is 0.455 e. The minimum atomic E-state index is -0.461. The van der Waals surface area contributed by atoms with E-state index in [1.165, 1.54) is 87.6 Å². The van der Waals surface area contributed by atoms with Gasteiger partial charge in [0.1, 0.15) is 11.2 Å². The fourth-order valence-electron chi connectivity index (χ4n) is 12.4. The molecule has 1 heterocycles. The zero-order valence-electron chi connectivity index (χ0n) is 36.4. The molecule has 13 aromatic rings. The average molecular weight is 850 g/mol. The number of hydrogen-bond acceptors (Lipinski definition) is 2. The molecule has 2 nitrogen and oxygen atoms in total. The van der Waals surface area contributed by atoms with Crippen LogP contribution in [0.4, 0.5) is 17.1 Å². The zero-order chi connectivity index (χ0) is 43.8. The van der Waals surface area contributed by atoms with Crippen molar-refractivity contribution in [3.05, 3.63) is 259 Å². The number of para-hydroxylation sites is 1. The van der Waals surface area contributed by atoms with Crippen LogP contribution in [0.25, 0.3) is 98.4 Å². The molecule has 2 aliphatic rings. The van der Waals surface area contributed by atoms with Crippen molar-refractivity contribution >= 4 is 82.1 Å². The van der Waals surface area contributed by atoms with Gasteiger partial charge < -0.3 is 9.32 Å². The van der Waals surface area contributed by atoms with Gasteiger partial charge in [-0.1, -0.05) is 188 Å². The Morgan fingerprint density at radius 2 is 0.866 bits per heavy atom. The first-order valence-electron chi connectivity index (χ1n) is 23.3. The summed E-state index contributed by atoms with van der Waals surface area (Å²) in [5, 5.41) is 12.1. The molecule has 0 amide bonds. The highest BCUT2D eigenvalue weighted by Crippen LogP contribution is 2.63. The summed E-state index contributed by atoms with van der Waals surface area (Å²) in [5.74, 6) is 0. The third-order valence-corrected chi connectivity index (χ3v) is 15.0. The molecule has 12 aromatic carbocycles. The van der Waals surface area contributed by atoms with Crippen molar-refractivity contribution in [2.24, 2.45) is 0 Å². The third-order valence-electron chi connectivity index (χ3n) is 15.0. The maximum absolute atomic E-state index is 7.22. The molecule has 0 unspecified atom stereocenters. The molecule has 0 saturated heterocycles. The van der Waals surface area contributed by atoms with Gasteiger partial charge in [-0.2, -0.15) is 0 Å². The fraction of sp³-hybridized carbons (Fsp3) is 0.0154. The zero-order valence-corrected chi connectivity index (χ0v) is 36.4. The maximum Gasteiger partial charge on any atom is 0.143 e. The van der Waals surface area contributed by atoms with Gasteiger partial charge in [-0.3, -0.25) is 0 Å². The lowest BCUT2D eigenvalue weighted by molar-refractivity contribution is 0.670. The van der Waals surface area contributed by atoms with Crippen LogP contribution >= 0.6 is 0 Å². The van der Waals surface area contributed by atoms with E-state index in [4.69, 9.17) is 4.42 Å². The molecular formula is C65H39NO. The molecule has 0 bridgehead atoms. The van der Waals surface area contributed by atoms with Crippen LogP contribution < -0.4 is 4.90 Å². The van der Waals surface area contributed by atoms with E-state index < -0.39 is 5.41 Å². The van der Waals surface area contributed by atoms with E-state index in [2.05, 4.69) is 241 Å². The van der Waals surface area contributed by atoms with Crippen molar-refractivity contribution in [3.63, 3.8) is 0 Å². The van der Waals surface area contributed by atoms with Gasteiger partial charge in [-0.25, -0.2) is 0 Å². The Morgan fingerprint density at radius 1 is 0.328 bits per heavy atom. The number of anilines is 3. The number of fused-ring (bicyclic) bond motifs is 20. The van der Waals surface area contributed by atoms with Crippen LogP contribution in [0.1, 0.15) is 22.3 Å². The molecule has 1 spiro atoms. The normalized spacial score (nSPS) is 13.2. The second-order valence-electron chi connectivity index (χ2n) is 18.2. The Bertz CT molecular complexity index is 4140. The highest BCUT2D eigenvalue weighted by Gasteiger charge is 2.51. The summed E-state index contributed by atoms with van der Waals surface area (Å²) in [7, 11) is 0. The summed E-state index contributed by atoms with van der Waals surface area (Å²) in [6, 6.07) is 87.4. The van der Waals surface area contributed by atoms with E-state index >= 15 is 0 Å². The number of furan rings is 1. The summed E-state index contributed by atoms with van der Waals surface area (Å²) >= 11 is 0. The standard InChI is InChI=1S/C65H39NO/c1-2-18-42(19-3-1)66(43-34-36-53-52-27-12-15-30-58(52)65(59(53)39-43)56-28-13-10-25-50(56)51-26-11-14-29-57(51)65)60-31-16-32-61-63(60)55-37-40-17-4-5-20-44(40)62(64(55)67-61)41-33-35-49-47-23-7-6-21-45(47)46-22-8-9-24-48(46)54(49)38-41/h1-39H. The molecule has 0 aliphatic heterocycles. The Balaban J connectivity index is 0.998. The van der Waals surface area contributed by atoms with E-state index in [-0.39, 0.29) is 0 Å². The van der Waals surface area contributed by atoms with Gasteiger partial charge in [0, 0.05) is 22.3 Å². The van der Waals surface area contributed by atoms with Crippen molar-refractivity contribution in [2.45, 2.75) is 5.41 Å². The van der Waals surface area contributed by atoms with Gasteiger partial charge in [-0.05, 0) is 142 Å². The topological polar surface area (TPSA) is 16.4 Å². The quantitative estimate of drug-likeness (QED) is 0.164. The summed E-state index contributed by atoms with van der Waals surface area (Å²) < 4.78 is 7.22. The summed E-state index contributed by atoms with van der Waals surface area (Å²) in [5.41, 5.74) is 17.2. The average Bonchev–Trinajstić information content (AvgIpc) is 4.02. The molecule has 0 saturated carbocycles. The van der Waals surface area contributed by atoms with Crippen LogP contribution in [0.5, 0.6) is 0 Å². The van der Waals surface area contributed by atoms with Crippen molar-refractivity contribution in [1.29, 1.82) is 0 Å². The monoisotopic (exact) mass is 849 g/mol. The fourth-order valence-corrected chi connectivity index (χ4v) is 12.4. The van der Waals surface area contributed by atoms with Crippen LogP contribution in [-0.4, -0.2) is 0 Å². The van der Waals surface area contributed by atoms with Crippen molar-refractivity contribution < 1.29 is 4.42 Å². The van der Waals surface area contributed by atoms with Gasteiger partial charge in [0.2, 0.25) is 0 Å². The highest BCUT2D eigenvalue weighted by atomic mass is 16.3. The molecule has 1 aromatic heterocycles. The Labute approximate surface area is 387 Å². The first-order chi connectivity index (χ1) is 33.3. The molecule has 0 N–H and O–H groups in total. The second kappa shape index (κ2) is 13.7. The van der Waals surface area contributed by atoms with Crippen LogP contribution in [0.15, 0.2) is 241 Å². The summed E-state index contributed by atoms with van der Waals surface area (Å²) in [4.78, 5) is 2.45. The maximum atomic E-state index is 7.22. The van der Waals surface area contributed by atoms with Crippen LogP contribution in [0, 0.1) is 0 Å². The minimum Gasteiger partial charge on any atom is -0.455 e. The van der Waals surface area contributed by atoms with E-state index in [1.807, 2.05) is 0 Å². The van der Waals surface area contributed by atoms with Crippen LogP contribution in [0.2, 0.25) is 0 Å². The van der Waals surface area contributed by atoms with Gasteiger partial charge >= 0.3 is 0 Å². The Morgan fingerprint density at radius 3 is 1.52 bits per heavy atom. The summed E-state index contributed by atoms with van der Waals surface area (Å²) in [6.45, 7) is 0. The van der Waals surface area contributed by atoms with Gasteiger partial charge in [0.25, 0.3) is 0 Å². The Hall–Kier alpha value is -8.72. The molecular weight excluding hydrogens is 811 g/mol. The molecule has 2 heteroatoms. The minimum absolute atomic E-state index is 0.461. The molecule has 15 rings (SSSR count). The molecule has 0 radical (unpaired) electrons. The first kappa shape index (κ1) is 36.6. The van der Waals surface area contributed by atoms with E-state index in [9.17, 15) is 0 Å². The van der Waals surface area contributed by atoms with Crippen molar-refractivity contribution in [1.82, 2.24) is 0 Å². The smallest absolute Gasteiger partial charge is 0.143 e. The molecule has 0 fully saturated rings. The molecule has 310 valence electrons. The van der Waals surface area contributed by atoms with Crippen LogP contribution in [0.3, 0.4) is 0 Å². The molecule has 0 atom stereocenters. The predicted molar refractivity (Wildman–Crippen MR) is 280 cm³/mol. The number of nitrogens with zero attached hydrogens (tertiary/aromatic N) is 1. The lowest BCUT2D eigenvalue weighted by atomic mass is 9.70. The lowest BCUT2D eigenvalue weighted by Crippen LogP contribution is -2.26. The van der Waals surface area contributed by atoms with Gasteiger partial charge in [0.15, 0.2) is 0 Å². The van der Waals surface area contributed by atoms with Crippen molar-refractivity contribution in [2.75, 3.05) is 4.90 Å². The Kier molecular flexibility index (Phi) is 7.46. The first-order valence-corrected chi connectivity index (χ1v) is 23.3. The van der Waals surface area contributed by atoms with E-state index in [1.54, 1.807) is 0 Å². The molecule has 2 aliphatic carbocycles. The second-order valence-corrected chi connectivity index (χ2v) is 18.2. The van der Waals surface area contributed by atoms with Gasteiger partial charge in [-0.15, -0.1) is 0 Å².